The van der Waals surface area contributed by atoms with Crippen molar-refractivity contribution >= 4 is 11.6 Å². The molecule has 114 valence electrons. The highest BCUT2D eigenvalue weighted by Gasteiger charge is 2.44. The molecule has 1 saturated carbocycles. The molecule has 0 radical (unpaired) electrons. The minimum absolute atomic E-state index is 0.146. The van der Waals surface area contributed by atoms with Gasteiger partial charge in [0.25, 0.3) is 0 Å². The summed E-state index contributed by atoms with van der Waals surface area (Å²) >= 11 is 0. The molecule has 1 amide bonds. The number of carbonyl (C=O) groups is 1. The molecule has 0 saturated heterocycles. The average Bonchev–Trinajstić information content (AvgIpc) is 3.30. The molecule has 2 unspecified atom stereocenters. The fourth-order valence-electron chi connectivity index (χ4n) is 2.98. The smallest absolute Gasteiger partial charge is 0.223 e. The summed E-state index contributed by atoms with van der Waals surface area (Å²) in [5, 5.41) is 3.06. The largest absolute Gasteiger partial charge is 0.399 e. The van der Waals surface area contributed by atoms with Gasteiger partial charge in [0.15, 0.2) is 0 Å². The number of aryl methyl sites for hydroxylation is 1. The highest BCUT2D eigenvalue weighted by Crippen LogP contribution is 2.48. The van der Waals surface area contributed by atoms with Crippen molar-refractivity contribution in [1.82, 2.24) is 5.32 Å². The van der Waals surface area contributed by atoms with Crippen molar-refractivity contribution in [3.05, 3.63) is 65.2 Å². The van der Waals surface area contributed by atoms with Gasteiger partial charge in [-0.25, -0.2) is 0 Å². The molecule has 0 aliphatic heterocycles. The number of anilines is 1. The van der Waals surface area contributed by atoms with Crippen molar-refractivity contribution in [1.29, 1.82) is 0 Å². The van der Waals surface area contributed by atoms with Crippen LogP contribution in [-0.2, 0) is 11.2 Å². The lowest BCUT2D eigenvalue weighted by Gasteiger charge is -2.07. The Hall–Kier alpha value is -2.29. The van der Waals surface area contributed by atoms with Gasteiger partial charge in [0.2, 0.25) is 5.91 Å². The first-order valence-corrected chi connectivity index (χ1v) is 7.83. The van der Waals surface area contributed by atoms with Gasteiger partial charge in [-0.15, -0.1) is 0 Å². The molecule has 3 N–H and O–H groups in total. The number of rotatable bonds is 5. The van der Waals surface area contributed by atoms with E-state index in [9.17, 15) is 4.79 Å². The highest BCUT2D eigenvalue weighted by molar-refractivity contribution is 5.83. The first kappa shape index (κ1) is 14.6. The summed E-state index contributed by atoms with van der Waals surface area (Å²) in [4.78, 5) is 12.2. The number of nitrogen functional groups attached to an aromatic ring is 1. The summed E-state index contributed by atoms with van der Waals surface area (Å²) in [6, 6.07) is 16.2. The Balaban J connectivity index is 1.48. The van der Waals surface area contributed by atoms with Gasteiger partial charge in [-0.05, 0) is 54.5 Å². The van der Waals surface area contributed by atoms with E-state index in [-0.39, 0.29) is 11.8 Å². The standard InChI is InChI=1S/C19H22N2O/c1-13-4-2-3-5-16(13)17-12-18(17)19(22)21-11-10-14-6-8-15(20)9-7-14/h2-9,17-18H,10-12,20H2,1H3,(H,21,22). The van der Waals surface area contributed by atoms with Gasteiger partial charge in [-0.3, -0.25) is 4.79 Å². The second-order valence-electron chi connectivity index (χ2n) is 6.09. The Morgan fingerprint density at radius 3 is 2.64 bits per heavy atom. The van der Waals surface area contributed by atoms with E-state index >= 15 is 0 Å². The second kappa shape index (κ2) is 6.22. The predicted octanol–water partition coefficient (Wildman–Crippen LogP) is 3.04. The number of benzene rings is 2. The molecular weight excluding hydrogens is 272 g/mol. The molecule has 2 atom stereocenters. The first-order valence-electron chi connectivity index (χ1n) is 7.83. The van der Waals surface area contributed by atoms with Gasteiger partial charge < -0.3 is 11.1 Å². The predicted molar refractivity (Wildman–Crippen MR) is 89.6 cm³/mol. The Bertz CT molecular complexity index is 663. The topological polar surface area (TPSA) is 55.1 Å². The number of hydrogen-bond donors (Lipinski definition) is 2. The Morgan fingerprint density at radius 1 is 1.18 bits per heavy atom. The van der Waals surface area contributed by atoms with Crippen LogP contribution in [0.4, 0.5) is 5.69 Å². The summed E-state index contributed by atoms with van der Waals surface area (Å²) < 4.78 is 0. The van der Waals surface area contributed by atoms with E-state index in [1.54, 1.807) is 0 Å². The van der Waals surface area contributed by atoms with Gasteiger partial charge in [-0.2, -0.15) is 0 Å². The summed E-state index contributed by atoms with van der Waals surface area (Å²) in [6.45, 7) is 2.80. The molecule has 3 nitrogen and oxygen atoms in total. The van der Waals surface area contributed by atoms with E-state index < -0.39 is 0 Å². The molecule has 1 aliphatic rings. The summed E-state index contributed by atoms with van der Waals surface area (Å²) in [5.74, 6) is 0.730. The van der Waals surface area contributed by atoms with Crippen LogP contribution < -0.4 is 11.1 Å². The summed E-state index contributed by atoms with van der Waals surface area (Å²) in [7, 11) is 0. The Kier molecular flexibility index (Phi) is 4.14. The molecule has 22 heavy (non-hydrogen) atoms. The molecule has 0 spiro atoms. The number of nitrogens with one attached hydrogen (secondary N) is 1. The van der Waals surface area contributed by atoms with Crippen molar-refractivity contribution in [2.75, 3.05) is 12.3 Å². The normalized spacial score (nSPS) is 19.7. The molecule has 1 aliphatic carbocycles. The maximum atomic E-state index is 12.2. The number of nitrogens with two attached hydrogens (primary N) is 1. The van der Waals surface area contributed by atoms with E-state index in [0.29, 0.717) is 12.5 Å². The summed E-state index contributed by atoms with van der Waals surface area (Å²) in [5.41, 5.74) is 10.2. The molecule has 2 aromatic carbocycles. The zero-order valence-electron chi connectivity index (χ0n) is 12.9. The molecule has 1 fully saturated rings. The van der Waals surface area contributed by atoms with Gasteiger partial charge in [0.05, 0.1) is 0 Å². The van der Waals surface area contributed by atoms with E-state index in [1.807, 2.05) is 30.3 Å². The maximum Gasteiger partial charge on any atom is 0.223 e. The molecule has 0 aromatic heterocycles. The van der Waals surface area contributed by atoms with Crippen molar-refractivity contribution in [3.8, 4) is 0 Å². The SMILES string of the molecule is Cc1ccccc1C1CC1C(=O)NCCc1ccc(N)cc1. The zero-order valence-corrected chi connectivity index (χ0v) is 12.9. The van der Waals surface area contributed by atoms with Crippen molar-refractivity contribution in [3.63, 3.8) is 0 Å². The van der Waals surface area contributed by atoms with Crippen molar-refractivity contribution in [2.24, 2.45) is 5.92 Å². The quantitative estimate of drug-likeness (QED) is 0.833. The first-order chi connectivity index (χ1) is 10.6. The van der Waals surface area contributed by atoms with Crippen LogP contribution in [0.25, 0.3) is 0 Å². The van der Waals surface area contributed by atoms with Crippen LogP contribution >= 0.6 is 0 Å². The zero-order chi connectivity index (χ0) is 15.5. The molecule has 0 heterocycles. The molecular formula is C19H22N2O. The third-order valence-corrected chi connectivity index (χ3v) is 4.41. The van der Waals surface area contributed by atoms with Crippen LogP contribution in [0, 0.1) is 12.8 Å². The molecule has 2 aromatic rings. The van der Waals surface area contributed by atoms with Crippen LogP contribution in [0.2, 0.25) is 0 Å². The lowest BCUT2D eigenvalue weighted by atomic mass is 10.0. The third-order valence-electron chi connectivity index (χ3n) is 4.41. The average molecular weight is 294 g/mol. The third kappa shape index (κ3) is 3.30. The number of amides is 1. The number of carbonyl (C=O) groups excluding carboxylic acids is 1. The fraction of sp³-hybridized carbons (Fsp3) is 0.316. The molecule has 3 heteroatoms. The van der Waals surface area contributed by atoms with E-state index in [4.69, 9.17) is 5.73 Å². The molecule has 3 rings (SSSR count). The monoisotopic (exact) mass is 294 g/mol. The van der Waals surface area contributed by atoms with Crippen LogP contribution in [-0.4, -0.2) is 12.5 Å². The lowest BCUT2D eigenvalue weighted by molar-refractivity contribution is -0.122. The summed E-state index contributed by atoms with van der Waals surface area (Å²) in [6.07, 6.45) is 1.81. The van der Waals surface area contributed by atoms with Gasteiger partial charge in [0, 0.05) is 18.2 Å². The van der Waals surface area contributed by atoms with E-state index in [2.05, 4.69) is 30.4 Å². The molecule has 0 bridgehead atoms. The van der Waals surface area contributed by atoms with E-state index in [0.717, 1.165) is 18.5 Å². The van der Waals surface area contributed by atoms with E-state index in [1.165, 1.54) is 16.7 Å². The Morgan fingerprint density at radius 2 is 1.91 bits per heavy atom. The minimum atomic E-state index is 0.146. The fourth-order valence-corrected chi connectivity index (χ4v) is 2.98. The van der Waals surface area contributed by atoms with Gasteiger partial charge in [0.1, 0.15) is 0 Å². The maximum absolute atomic E-state index is 12.2. The lowest BCUT2D eigenvalue weighted by Crippen LogP contribution is -2.27. The number of hydrogen-bond acceptors (Lipinski definition) is 2. The van der Waals surface area contributed by atoms with Crippen LogP contribution in [0.1, 0.15) is 29.0 Å². The van der Waals surface area contributed by atoms with Gasteiger partial charge in [-0.1, -0.05) is 36.4 Å². The second-order valence-corrected chi connectivity index (χ2v) is 6.09. The highest BCUT2D eigenvalue weighted by atomic mass is 16.2. The minimum Gasteiger partial charge on any atom is -0.399 e. The Labute approximate surface area is 131 Å². The van der Waals surface area contributed by atoms with Gasteiger partial charge >= 0.3 is 0 Å². The van der Waals surface area contributed by atoms with Crippen LogP contribution in [0.3, 0.4) is 0 Å². The van der Waals surface area contributed by atoms with Crippen LogP contribution in [0.15, 0.2) is 48.5 Å². The van der Waals surface area contributed by atoms with Crippen molar-refractivity contribution < 1.29 is 4.79 Å². The van der Waals surface area contributed by atoms with Crippen LogP contribution in [0.5, 0.6) is 0 Å². The van der Waals surface area contributed by atoms with Crippen molar-refractivity contribution in [2.45, 2.75) is 25.7 Å².